The number of hydrogen-bond acceptors (Lipinski definition) is 6. The zero-order valence-electron chi connectivity index (χ0n) is 13.7. The Morgan fingerprint density at radius 3 is 2.50 bits per heavy atom. The van der Waals surface area contributed by atoms with Crippen LogP contribution in [-0.4, -0.2) is 25.2 Å². The maximum absolute atomic E-state index is 12.8. The van der Waals surface area contributed by atoms with E-state index in [-0.39, 0.29) is 19.6 Å². The van der Waals surface area contributed by atoms with Crippen molar-refractivity contribution in [1.82, 2.24) is 0 Å². The normalized spacial score (nSPS) is 17.1. The number of para-hydroxylation sites is 1. The van der Waals surface area contributed by atoms with Gasteiger partial charge in [-0.2, -0.15) is 0 Å². The number of benzene rings is 1. The van der Waals surface area contributed by atoms with Crippen molar-refractivity contribution in [3.05, 3.63) is 54.3 Å². The summed E-state index contributed by atoms with van der Waals surface area (Å²) < 4.78 is 15.7. The lowest BCUT2D eigenvalue weighted by atomic mass is 9.74. The Bertz CT molecular complexity index is 704. The second-order valence-electron chi connectivity index (χ2n) is 5.45. The molecular weight excluding hydrogens is 310 g/mol. The molecule has 2 heterocycles. The van der Waals surface area contributed by atoms with E-state index < -0.39 is 17.4 Å². The molecule has 6 nitrogen and oxygen atoms in total. The number of fused-ring (bicyclic) bond motifs is 3. The number of hydrogen-bond donors (Lipinski definition) is 0. The molecule has 0 aromatic heterocycles. The minimum Gasteiger partial charge on any atom is -0.469 e. The zero-order valence-corrected chi connectivity index (χ0v) is 13.7. The Morgan fingerprint density at radius 1 is 1.17 bits per heavy atom. The van der Waals surface area contributed by atoms with Crippen LogP contribution in [0.25, 0.3) is 0 Å². The average Bonchev–Trinajstić information content (AvgIpc) is 2.61. The van der Waals surface area contributed by atoms with Gasteiger partial charge in [-0.05, 0) is 25.5 Å². The van der Waals surface area contributed by atoms with Crippen molar-refractivity contribution < 1.29 is 23.8 Å². The molecule has 0 saturated carbocycles. The molecule has 0 atom stereocenters. The highest BCUT2D eigenvalue weighted by Gasteiger charge is 2.57. The largest absolute Gasteiger partial charge is 0.469 e. The fourth-order valence-electron chi connectivity index (χ4n) is 3.07. The molecule has 126 valence electrons. The molecule has 6 heteroatoms. The van der Waals surface area contributed by atoms with Crippen LogP contribution in [-0.2, 0) is 30.2 Å². The second kappa shape index (κ2) is 6.39. The Labute approximate surface area is 140 Å². The molecular formula is C18H19NO5. The minimum absolute atomic E-state index is 0.167. The first kappa shape index (κ1) is 16.1. The van der Waals surface area contributed by atoms with Crippen LogP contribution < -0.4 is 4.90 Å². The van der Waals surface area contributed by atoms with Gasteiger partial charge in [0.05, 0.1) is 18.9 Å². The van der Waals surface area contributed by atoms with E-state index in [1.54, 1.807) is 24.9 Å². The lowest BCUT2D eigenvalue weighted by molar-refractivity contribution is -0.169. The molecule has 2 aliphatic rings. The molecule has 0 aliphatic carbocycles. The van der Waals surface area contributed by atoms with E-state index in [0.717, 1.165) is 11.3 Å². The van der Waals surface area contributed by atoms with Crippen LogP contribution in [0.15, 0.2) is 48.7 Å². The zero-order chi connectivity index (χ0) is 17.2. The summed E-state index contributed by atoms with van der Waals surface area (Å²) in [4.78, 5) is 27.4. The molecule has 24 heavy (non-hydrogen) atoms. The van der Waals surface area contributed by atoms with Gasteiger partial charge in [-0.15, -0.1) is 0 Å². The number of nitrogens with zero attached hydrogens (tertiary/aromatic N) is 1. The van der Waals surface area contributed by atoms with Gasteiger partial charge in [0.2, 0.25) is 5.41 Å². The molecule has 0 radical (unpaired) electrons. The van der Waals surface area contributed by atoms with Gasteiger partial charge >= 0.3 is 11.9 Å². The van der Waals surface area contributed by atoms with Crippen LogP contribution in [0.1, 0.15) is 19.4 Å². The molecule has 1 aromatic carbocycles. The maximum Gasteiger partial charge on any atom is 0.330 e. The van der Waals surface area contributed by atoms with E-state index in [9.17, 15) is 9.59 Å². The van der Waals surface area contributed by atoms with Crippen LogP contribution >= 0.6 is 0 Å². The fourth-order valence-corrected chi connectivity index (χ4v) is 3.07. The van der Waals surface area contributed by atoms with Crippen molar-refractivity contribution in [3.8, 4) is 0 Å². The number of carbonyl (C=O) groups excluding carboxylic acids is 2. The molecule has 0 spiro atoms. The predicted molar refractivity (Wildman–Crippen MR) is 86.6 cm³/mol. The van der Waals surface area contributed by atoms with Gasteiger partial charge in [0.1, 0.15) is 12.5 Å². The van der Waals surface area contributed by atoms with Gasteiger partial charge in [0.15, 0.2) is 0 Å². The monoisotopic (exact) mass is 329 g/mol. The molecule has 0 fully saturated rings. The highest BCUT2D eigenvalue weighted by atomic mass is 16.6. The quantitative estimate of drug-likeness (QED) is 0.625. The molecule has 0 saturated heterocycles. The second-order valence-corrected chi connectivity index (χ2v) is 5.45. The van der Waals surface area contributed by atoms with E-state index in [2.05, 4.69) is 0 Å². The first-order valence-electron chi connectivity index (χ1n) is 7.89. The summed E-state index contributed by atoms with van der Waals surface area (Å²) >= 11 is 0. The van der Waals surface area contributed by atoms with Gasteiger partial charge < -0.3 is 19.1 Å². The molecule has 0 bridgehead atoms. The van der Waals surface area contributed by atoms with Gasteiger partial charge in [-0.25, -0.2) is 0 Å². The third-order valence-electron chi connectivity index (χ3n) is 4.12. The maximum atomic E-state index is 12.8. The molecule has 0 amide bonds. The van der Waals surface area contributed by atoms with Crippen LogP contribution in [0, 0.1) is 5.41 Å². The van der Waals surface area contributed by atoms with Crippen molar-refractivity contribution in [2.24, 2.45) is 5.41 Å². The Morgan fingerprint density at radius 2 is 1.83 bits per heavy atom. The lowest BCUT2D eigenvalue weighted by Gasteiger charge is -2.42. The minimum atomic E-state index is -1.58. The lowest BCUT2D eigenvalue weighted by Crippen LogP contribution is -2.52. The third-order valence-corrected chi connectivity index (χ3v) is 4.12. The summed E-state index contributed by atoms with van der Waals surface area (Å²) in [5, 5.41) is 0. The summed E-state index contributed by atoms with van der Waals surface area (Å²) in [6.45, 7) is 3.76. The first-order chi connectivity index (χ1) is 11.6. The van der Waals surface area contributed by atoms with Crippen molar-refractivity contribution >= 4 is 17.6 Å². The highest BCUT2D eigenvalue weighted by molar-refractivity contribution is 6.06. The van der Waals surface area contributed by atoms with E-state index in [1.807, 2.05) is 24.3 Å². The van der Waals surface area contributed by atoms with Gasteiger partial charge in [0, 0.05) is 18.3 Å². The van der Waals surface area contributed by atoms with Gasteiger partial charge in [-0.3, -0.25) is 9.59 Å². The SMILES string of the molecule is CCOC(=O)C1(C(=O)OCC)Cc2ccccc2N2C=COC=C21. The topological polar surface area (TPSA) is 65.1 Å². The Kier molecular flexibility index (Phi) is 4.29. The van der Waals surface area contributed by atoms with Crippen molar-refractivity contribution in [2.75, 3.05) is 18.1 Å². The smallest absolute Gasteiger partial charge is 0.330 e. The highest BCUT2D eigenvalue weighted by Crippen LogP contribution is 2.46. The third kappa shape index (κ3) is 2.35. The molecule has 0 unspecified atom stereocenters. The molecule has 3 rings (SSSR count). The summed E-state index contributed by atoms with van der Waals surface area (Å²) in [7, 11) is 0. The Balaban J connectivity index is 2.19. The number of carbonyl (C=O) groups is 2. The van der Waals surface area contributed by atoms with E-state index in [0.29, 0.717) is 5.70 Å². The number of rotatable bonds is 4. The summed E-state index contributed by atoms with van der Waals surface area (Å²) in [5.74, 6) is -1.26. The van der Waals surface area contributed by atoms with Gasteiger partial charge in [0.25, 0.3) is 0 Å². The Hall–Kier alpha value is -2.76. The average molecular weight is 329 g/mol. The summed E-state index contributed by atoms with van der Waals surface area (Å²) in [6.07, 6.45) is 4.75. The number of ether oxygens (including phenoxy) is 3. The summed E-state index contributed by atoms with van der Waals surface area (Å²) in [6, 6.07) is 7.60. The number of anilines is 1. The summed E-state index contributed by atoms with van der Waals surface area (Å²) in [5.41, 5.74) is 0.584. The van der Waals surface area contributed by atoms with Gasteiger partial charge in [-0.1, -0.05) is 18.2 Å². The molecule has 1 aromatic rings. The van der Waals surface area contributed by atoms with Crippen LogP contribution in [0.5, 0.6) is 0 Å². The standard InChI is InChI=1S/C18H19NO5/c1-3-23-16(20)18(17(21)24-4-2)11-13-7-5-6-8-14(13)19-9-10-22-12-15(18)19/h5-10,12H,3-4,11H2,1-2H3. The van der Waals surface area contributed by atoms with Crippen LogP contribution in [0.2, 0.25) is 0 Å². The van der Waals surface area contributed by atoms with E-state index in [4.69, 9.17) is 14.2 Å². The van der Waals surface area contributed by atoms with Crippen molar-refractivity contribution in [1.29, 1.82) is 0 Å². The molecule has 0 N–H and O–H groups in total. The van der Waals surface area contributed by atoms with E-state index in [1.165, 1.54) is 12.5 Å². The van der Waals surface area contributed by atoms with E-state index >= 15 is 0 Å². The fraction of sp³-hybridized carbons (Fsp3) is 0.333. The van der Waals surface area contributed by atoms with Crippen molar-refractivity contribution in [3.63, 3.8) is 0 Å². The first-order valence-corrected chi connectivity index (χ1v) is 7.89. The van der Waals surface area contributed by atoms with Crippen LogP contribution in [0.3, 0.4) is 0 Å². The van der Waals surface area contributed by atoms with Crippen molar-refractivity contribution in [2.45, 2.75) is 20.3 Å². The number of esters is 2. The molecule has 2 aliphatic heterocycles. The van der Waals surface area contributed by atoms with Crippen LogP contribution in [0.4, 0.5) is 5.69 Å². The predicted octanol–water partition coefficient (Wildman–Crippen LogP) is 2.50.